The molecule has 96 heavy (non-hydrogen) atoms. The second-order valence-corrected chi connectivity index (χ2v) is 30.2. The lowest BCUT2D eigenvalue weighted by atomic mass is 10.0. The highest BCUT2D eigenvalue weighted by Crippen LogP contribution is 2.43. The summed E-state index contributed by atoms with van der Waals surface area (Å²) in [4.78, 5) is 36.0. The lowest BCUT2D eigenvalue weighted by Crippen LogP contribution is -2.37. The number of carbonyl (C=O) groups excluding carboxylic acids is 2. The first-order valence-electron chi connectivity index (χ1n) is 41.0. The standard InChI is InChI=1S/C86H156NO8P/c1-6-8-10-12-14-16-18-20-22-24-26-28-30-32-34-36-38-39-40-41-42-43-44-45-46-47-49-51-53-55-57-59-61-63-65-67-69-71-73-75-77-79-86(89)95-84(83-94-96(90,91)93-81-80-87(3,4)5)82-92-85(88)78-76-74-72-70-68-66-64-62-60-58-56-54-52-50-48-37-35-33-31-29-27-25-23-21-19-17-15-13-11-9-7-2/h8,10,14,16,20,22,25-28,32,34,38-39,41-42,84H,6-7,9,11-13,15,17-19,21,23-24,29-31,33,35-37,40,43-83H2,1-5H3/p+1/b10-8-,16-14-,22-20-,27-25-,28-26-,34-32-,39-38-,42-41-. The van der Waals surface area contributed by atoms with Crippen LogP contribution in [0.25, 0.3) is 0 Å². The Kier molecular flexibility index (Phi) is 73.7. The van der Waals surface area contributed by atoms with Gasteiger partial charge in [0, 0.05) is 12.8 Å². The summed E-state index contributed by atoms with van der Waals surface area (Å²) in [6, 6.07) is 0. The zero-order valence-corrected chi connectivity index (χ0v) is 64.7. The Morgan fingerprint density at radius 3 is 0.896 bits per heavy atom. The van der Waals surface area contributed by atoms with Crippen LogP contribution in [-0.4, -0.2) is 74.9 Å². The average molecular weight is 1360 g/mol. The average Bonchev–Trinajstić information content (AvgIpc) is 2.54. The van der Waals surface area contributed by atoms with E-state index in [0.29, 0.717) is 23.9 Å². The van der Waals surface area contributed by atoms with Crippen LogP contribution < -0.4 is 0 Å². The minimum atomic E-state index is -4.40. The zero-order chi connectivity index (χ0) is 69.7. The molecule has 0 aliphatic heterocycles. The van der Waals surface area contributed by atoms with Crippen LogP contribution in [0.5, 0.6) is 0 Å². The van der Waals surface area contributed by atoms with E-state index in [-0.39, 0.29) is 25.6 Å². The molecular weight excluding hydrogens is 1210 g/mol. The summed E-state index contributed by atoms with van der Waals surface area (Å²) in [5.74, 6) is -0.778. The number of carbonyl (C=O) groups is 2. The van der Waals surface area contributed by atoms with Crippen LogP contribution in [0.4, 0.5) is 0 Å². The van der Waals surface area contributed by atoms with E-state index in [1.807, 2.05) is 21.1 Å². The number of ether oxygens (including phenoxy) is 2. The van der Waals surface area contributed by atoms with Crippen LogP contribution >= 0.6 is 7.82 Å². The van der Waals surface area contributed by atoms with Gasteiger partial charge in [-0.25, -0.2) is 4.57 Å². The summed E-state index contributed by atoms with van der Waals surface area (Å²) < 4.78 is 34.8. The summed E-state index contributed by atoms with van der Waals surface area (Å²) in [6.45, 7) is 4.38. The normalized spacial score (nSPS) is 13.5. The van der Waals surface area contributed by atoms with Crippen molar-refractivity contribution in [2.75, 3.05) is 47.5 Å². The van der Waals surface area contributed by atoms with Crippen LogP contribution in [0.1, 0.15) is 386 Å². The Morgan fingerprint density at radius 2 is 0.594 bits per heavy atom. The van der Waals surface area contributed by atoms with Crippen molar-refractivity contribution < 1.29 is 42.1 Å². The van der Waals surface area contributed by atoms with Gasteiger partial charge in [-0.2, -0.15) is 0 Å². The number of phosphoric acid groups is 1. The van der Waals surface area contributed by atoms with E-state index < -0.39 is 26.5 Å². The van der Waals surface area contributed by atoms with Gasteiger partial charge in [-0.15, -0.1) is 0 Å². The van der Waals surface area contributed by atoms with Crippen LogP contribution in [-0.2, 0) is 32.7 Å². The molecule has 0 aliphatic carbocycles. The van der Waals surface area contributed by atoms with Crippen molar-refractivity contribution in [2.45, 2.75) is 392 Å². The molecule has 0 bridgehead atoms. The topological polar surface area (TPSA) is 108 Å². The molecule has 0 spiro atoms. The summed E-state index contributed by atoms with van der Waals surface area (Å²) in [6.07, 6.45) is 107. The maximum atomic E-state index is 12.9. The van der Waals surface area contributed by atoms with Gasteiger partial charge in [0.05, 0.1) is 27.7 Å². The van der Waals surface area contributed by atoms with Gasteiger partial charge in [0.2, 0.25) is 0 Å². The Bertz CT molecular complexity index is 1940. The maximum absolute atomic E-state index is 12.9. The van der Waals surface area contributed by atoms with Crippen molar-refractivity contribution in [3.8, 4) is 0 Å². The van der Waals surface area contributed by atoms with Gasteiger partial charge in [-0.1, -0.05) is 374 Å². The smallest absolute Gasteiger partial charge is 0.462 e. The molecule has 0 aromatic rings. The number of likely N-dealkylation sites (N-methyl/N-ethyl adjacent to an activating group) is 1. The van der Waals surface area contributed by atoms with E-state index in [2.05, 4.69) is 111 Å². The molecule has 0 rings (SSSR count). The van der Waals surface area contributed by atoms with E-state index in [0.717, 1.165) is 77.0 Å². The molecule has 0 saturated carbocycles. The van der Waals surface area contributed by atoms with E-state index in [1.54, 1.807) is 0 Å². The third-order valence-electron chi connectivity index (χ3n) is 18.1. The molecule has 9 nitrogen and oxygen atoms in total. The van der Waals surface area contributed by atoms with E-state index in [1.165, 1.54) is 276 Å². The number of allylic oxidation sites excluding steroid dienone is 16. The van der Waals surface area contributed by atoms with Crippen LogP contribution in [0.15, 0.2) is 97.2 Å². The third kappa shape index (κ3) is 79.9. The number of hydrogen-bond donors (Lipinski definition) is 1. The zero-order valence-electron chi connectivity index (χ0n) is 63.9. The quantitative estimate of drug-likeness (QED) is 0.0211. The molecule has 10 heteroatoms. The van der Waals surface area contributed by atoms with Crippen molar-refractivity contribution in [2.24, 2.45) is 0 Å². The Morgan fingerprint density at radius 1 is 0.333 bits per heavy atom. The van der Waals surface area contributed by atoms with Gasteiger partial charge in [0.15, 0.2) is 6.10 Å². The third-order valence-corrected chi connectivity index (χ3v) is 19.1. The Hall–Kier alpha value is -3.07. The number of quaternary nitrogens is 1. The van der Waals surface area contributed by atoms with Crippen LogP contribution in [0.3, 0.4) is 0 Å². The number of phosphoric ester groups is 1. The van der Waals surface area contributed by atoms with Crippen molar-refractivity contribution in [3.05, 3.63) is 97.2 Å². The minimum Gasteiger partial charge on any atom is -0.462 e. The van der Waals surface area contributed by atoms with Gasteiger partial charge in [-0.05, 0) is 96.3 Å². The summed E-state index contributed by atoms with van der Waals surface area (Å²) in [5.41, 5.74) is 0. The maximum Gasteiger partial charge on any atom is 0.472 e. The molecule has 1 N–H and O–H groups in total. The van der Waals surface area contributed by atoms with Crippen molar-refractivity contribution in [1.82, 2.24) is 0 Å². The van der Waals surface area contributed by atoms with E-state index >= 15 is 0 Å². The monoisotopic (exact) mass is 1360 g/mol. The molecule has 0 aliphatic rings. The highest BCUT2D eigenvalue weighted by Gasteiger charge is 2.27. The molecule has 558 valence electrons. The second kappa shape index (κ2) is 76.1. The first-order chi connectivity index (χ1) is 47.0. The van der Waals surface area contributed by atoms with Gasteiger partial charge in [0.25, 0.3) is 0 Å². The molecule has 0 saturated heterocycles. The SMILES string of the molecule is CC/C=C\C/C=C\C/C=C\C/C=C\C/C=C\C/C=C\C/C=C\CCCCCCCCCCCCCCCCCCCCCC(=O)OC(COC(=O)CCCCCCCCCCCCCCCCCCCCC/C=C\CCCCCCCCCC)COP(=O)(O)OCC[N+](C)(C)C. The first-order valence-corrected chi connectivity index (χ1v) is 42.5. The predicted molar refractivity (Wildman–Crippen MR) is 418 cm³/mol. The predicted octanol–water partition coefficient (Wildman–Crippen LogP) is 27.4. The fraction of sp³-hybridized carbons (Fsp3) is 0.791. The fourth-order valence-electron chi connectivity index (χ4n) is 11.9. The van der Waals surface area contributed by atoms with Crippen LogP contribution in [0.2, 0.25) is 0 Å². The molecule has 2 unspecified atom stereocenters. The lowest BCUT2D eigenvalue weighted by molar-refractivity contribution is -0.870. The van der Waals surface area contributed by atoms with Gasteiger partial charge < -0.3 is 18.9 Å². The Balaban J connectivity index is 3.93. The molecule has 0 aromatic heterocycles. The highest BCUT2D eigenvalue weighted by atomic mass is 31.2. The largest absolute Gasteiger partial charge is 0.472 e. The lowest BCUT2D eigenvalue weighted by Gasteiger charge is -2.24. The van der Waals surface area contributed by atoms with Crippen molar-refractivity contribution >= 4 is 19.8 Å². The number of esters is 2. The molecule has 0 amide bonds. The summed E-state index contributed by atoms with van der Waals surface area (Å²) >= 11 is 0. The first kappa shape index (κ1) is 92.9. The molecule has 2 atom stereocenters. The van der Waals surface area contributed by atoms with Gasteiger partial charge in [-0.3, -0.25) is 18.6 Å². The molecule has 0 heterocycles. The number of nitrogens with zero attached hydrogens (tertiary/aromatic N) is 1. The van der Waals surface area contributed by atoms with Gasteiger partial charge >= 0.3 is 19.8 Å². The molecule has 0 radical (unpaired) electrons. The van der Waals surface area contributed by atoms with E-state index in [4.69, 9.17) is 18.5 Å². The highest BCUT2D eigenvalue weighted by molar-refractivity contribution is 7.47. The van der Waals surface area contributed by atoms with E-state index in [9.17, 15) is 19.0 Å². The Labute approximate surface area is 595 Å². The van der Waals surface area contributed by atoms with Crippen molar-refractivity contribution in [1.29, 1.82) is 0 Å². The minimum absolute atomic E-state index is 0.0321. The van der Waals surface area contributed by atoms with Crippen molar-refractivity contribution in [3.63, 3.8) is 0 Å². The van der Waals surface area contributed by atoms with Gasteiger partial charge in [0.1, 0.15) is 19.8 Å². The van der Waals surface area contributed by atoms with Crippen LogP contribution in [0, 0.1) is 0 Å². The summed E-state index contributed by atoms with van der Waals surface area (Å²) in [5, 5.41) is 0. The molecule has 0 fully saturated rings. The number of hydrogen-bond acceptors (Lipinski definition) is 7. The fourth-order valence-corrected chi connectivity index (χ4v) is 12.6. The summed E-state index contributed by atoms with van der Waals surface area (Å²) in [7, 11) is 1.49. The molecule has 0 aromatic carbocycles. The number of rotatable bonds is 76. The number of unbranched alkanes of at least 4 members (excludes halogenated alkanes) is 46. The second-order valence-electron chi connectivity index (χ2n) is 28.8. The molecular formula is C86H157NO8P+.